The van der Waals surface area contributed by atoms with Gasteiger partial charge in [0.05, 0.1) is 12.6 Å². The van der Waals surface area contributed by atoms with Crippen molar-refractivity contribution in [1.29, 1.82) is 0 Å². The molecule has 2 aromatic rings. The van der Waals surface area contributed by atoms with Gasteiger partial charge in [-0.25, -0.2) is 9.67 Å². The minimum absolute atomic E-state index is 0.151. The number of hydrogen-bond donors (Lipinski definition) is 2. The van der Waals surface area contributed by atoms with Crippen molar-refractivity contribution in [3.05, 3.63) is 42.5 Å². The lowest BCUT2D eigenvalue weighted by molar-refractivity contribution is -0.117. The summed E-state index contributed by atoms with van der Waals surface area (Å²) in [6.45, 7) is 0.613. The van der Waals surface area contributed by atoms with Crippen LogP contribution in [0, 0.1) is 0 Å². The predicted molar refractivity (Wildman–Crippen MR) is 85.2 cm³/mol. The van der Waals surface area contributed by atoms with Crippen molar-refractivity contribution in [1.82, 2.24) is 14.8 Å². The topological polar surface area (TPSA) is 85.8 Å². The third-order valence-corrected chi connectivity index (χ3v) is 3.62. The number of nitrogens with two attached hydrogens (primary N) is 1. The Morgan fingerprint density at radius 1 is 1.52 bits per heavy atom. The van der Waals surface area contributed by atoms with E-state index in [-0.39, 0.29) is 5.91 Å². The fourth-order valence-electron chi connectivity index (χ4n) is 1.86. The van der Waals surface area contributed by atoms with Crippen LogP contribution in [0.4, 0.5) is 5.69 Å². The molecule has 21 heavy (non-hydrogen) atoms. The summed E-state index contributed by atoms with van der Waals surface area (Å²) >= 11 is 1.68. The molecular formula is C14H19N5OS. The number of aromatic nitrogens is 3. The monoisotopic (exact) mass is 305 g/mol. The van der Waals surface area contributed by atoms with E-state index in [1.165, 1.54) is 6.33 Å². The molecule has 0 saturated heterocycles. The van der Waals surface area contributed by atoms with Crippen molar-refractivity contribution in [3.8, 4) is 0 Å². The van der Waals surface area contributed by atoms with Crippen LogP contribution in [0.15, 0.2) is 36.9 Å². The van der Waals surface area contributed by atoms with Crippen molar-refractivity contribution in [2.45, 2.75) is 19.0 Å². The average Bonchev–Trinajstić information content (AvgIpc) is 2.98. The number of nitrogens with one attached hydrogen (secondary N) is 1. The average molecular weight is 305 g/mol. The number of carbonyl (C=O) groups excluding carboxylic acids is 1. The molecule has 3 N–H and O–H groups in total. The van der Waals surface area contributed by atoms with Crippen LogP contribution in [-0.4, -0.2) is 38.7 Å². The molecule has 0 aliphatic heterocycles. The highest BCUT2D eigenvalue weighted by molar-refractivity contribution is 7.98. The Morgan fingerprint density at radius 2 is 2.38 bits per heavy atom. The van der Waals surface area contributed by atoms with E-state index in [9.17, 15) is 4.79 Å². The van der Waals surface area contributed by atoms with Gasteiger partial charge in [0.15, 0.2) is 0 Å². The fraction of sp³-hybridized carbons (Fsp3) is 0.357. The lowest BCUT2D eigenvalue weighted by atomic mass is 10.2. The minimum atomic E-state index is -0.476. The van der Waals surface area contributed by atoms with Crippen LogP contribution < -0.4 is 11.1 Å². The second-order valence-electron chi connectivity index (χ2n) is 4.67. The summed E-state index contributed by atoms with van der Waals surface area (Å²) in [5.74, 6) is 0.725. The predicted octanol–water partition coefficient (Wildman–Crippen LogP) is 1.35. The summed E-state index contributed by atoms with van der Waals surface area (Å²) in [6.07, 6.45) is 5.82. The molecule has 0 aliphatic carbocycles. The third-order valence-electron chi connectivity index (χ3n) is 2.98. The fourth-order valence-corrected chi connectivity index (χ4v) is 2.35. The quantitative estimate of drug-likeness (QED) is 0.806. The van der Waals surface area contributed by atoms with Gasteiger partial charge in [0.1, 0.15) is 12.7 Å². The third kappa shape index (κ3) is 4.87. The molecule has 0 radical (unpaired) electrons. The minimum Gasteiger partial charge on any atom is -0.325 e. The number of nitrogens with zero attached hydrogens (tertiary/aromatic N) is 3. The molecule has 2 rings (SSSR count). The molecular weight excluding hydrogens is 286 g/mol. The zero-order chi connectivity index (χ0) is 15.1. The summed E-state index contributed by atoms with van der Waals surface area (Å²) in [5.41, 5.74) is 7.64. The van der Waals surface area contributed by atoms with Crippen molar-refractivity contribution in [3.63, 3.8) is 0 Å². The second-order valence-corrected chi connectivity index (χ2v) is 5.66. The number of amides is 1. The van der Waals surface area contributed by atoms with Crippen molar-refractivity contribution in [2.24, 2.45) is 5.73 Å². The maximum atomic E-state index is 12.0. The van der Waals surface area contributed by atoms with Gasteiger partial charge in [-0.3, -0.25) is 4.79 Å². The Hall–Kier alpha value is -1.86. The van der Waals surface area contributed by atoms with Crippen LogP contribution in [0.5, 0.6) is 0 Å². The van der Waals surface area contributed by atoms with Gasteiger partial charge in [0, 0.05) is 5.69 Å². The van der Waals surface area contributed by atoms with E-state index in [1.54, 1.807) is 22.8 Å². The second kappa shape index (κ2) is 7.80. The maximum Gasteiger partial charge on any atom is 0.241 e. The molecule has 7 heteroatoms. The lowest BCUT2D eigenvalue weighted by Crippen LogP contribution is -2.36. The van der Waals surface area contributed by atoms with Gasteiger partial charge < -0.3 is 11.1 Å². The first-order chi connectivity index (χ1) is 10.2. The summed E-state index contributed by atoms with van der Waals surface area (Å²) in [6, 6.07) is 7.17. The molecule has 1 atom stereocenters. The van der Waals surface area contributed by atoms with Crippen molar-refractivity contribution in [2.75, 3.05) is 17.3 Å². The van der Waals surface area contributed by atoms with Gasteiger partial charge in [0.2, 0.25) is 5.91 Å². The Labute approximate surface area is 128 Å². The molecule has 6 nitrogen and oxygen atoms in total. The summed E-state index contributed by atoms with van der Waals surface area (Å²) in [5, 5.41) is 6.91. The molecule has 1 aromatic heterocycles. The van der Waals surface area contributed by atoms with Crippen LogP contribution in [0.25, 0.3) is 0 Å². The zero-order valence-electron chi connectivity index (χ0n) is 11.9. The van der Waals surface area contributed by atoms with Gasteiger partial charge in [0.25, 0.3) is 0 Å². The Bertz CT molecular complexity index is 573. The van der Waals surface area contributed by atoms with Crippen molar-refractivity contribution >= 4 is 23.4 Å². The van der Waals surface area contributed by atoms with Crippen LogP contribution in [-0.2, 0) is 11.3 Å². The molecule has 0 fully saturated rings. The van der Waals surface area contributed by atoms with E-state index in [4.69, 9.17) is 5.73 Å². The number of rotatable bonds is 7. The molecule has 1 amide bonds. The van der Waals surface area contributed by atoms with Gasteiger partial charge >= 0.3 is 0 Å². The number of thioether (sulfide) groups is 1. The van der Waals surface area contributed by atoms with Gasteiger partial charge in [-0.15, -0.1) is 0 Å². The standard InChI is InChI=1S/C14H19N5OS/c1-21-6-5-13(15)14(20)18-12-4-2-3-11(7-12)8-19-10-16-9-17-19/h2-4,7,9-10,13H,5-6,8,15H2,1H3,(H,18,20)/t13-/m0/s1. The van der Waals surface area contributed by atoms with Crippen LogP contribution in [0.3, 0.4) is 0 Å². The largest absolute Gasteiger partial charge is 0.325 e. The van der Waals surface area contributed by atoms with Gasteiger partial charge in [-0.2, -0.15) is 16.9 Å². The maximum absolute atomic E-state index is 12.0. The molecule has 1 heterocycles. The Balaban J connectivity index is 1.96. The number of hydrogen-bond acceptors (Lipinski definition) is 5. The lowest BCUT2D eigenvalue weighted by Gasteiger charge is -2.12. The van der Waals surface area contributed by atoms with Gasteiger partial charge in [-0.1, -0.05) is 12.1 Å². The van der Waals surface area contributed by atoms with Crippen LogP contribution in [0.2, 0.25) is 0 Å². The first-order valence-electron chi connectivity index (χ1n) is 6.66. The number of benzene rings is 1. The highest BCUT2D eigenvalue weighted by Crippen LogP contribution is 2.12. The summed E-state index contributed by atoms with van der Waals surface area (Å²) in [7, 11) is 0. The zero-order valence-corrected chi connectivity index (χ0v) is 12.7. The molecule has 0 bridgehead atoms. The van der Waals surface area contributed by atoms with E-state index in [0.29, 0.717) is 13.0 Å². The smallest absolute Gasteiger partial charge is 0.241 e. The van der Waals surface area contributed by atoms with E-state index in [1.807, 2.05) is 30.5 Å². The number of anilines is 1. The van der Waals surface area contributed by atoms with E-state index in [2.05, 4.69) is 15.4 Å². The summed E-state index contributed by atoms with van der Waals surface area (Å²) < 4.78 is 1.73. The molecule has 0 saturated carbocycles. The highest BCUT2D eigenvalue weighted by Gasteiger charge is 2.13. The van der Waals surface area contributed by atoms with Crippen LogP contribution in [0.1, 0.15) is 12.0 Å². The first-order valence-corrected chi connectivity index (χ1v) is 8.05. The Morgan fingerprint density at radius 3 is 3.10 bits per heavy atom. The highest BCUT2D eigenvalue weighted by atomic mass is 32.2. The van der Waals surface area contributed by atoms with Gasteiger partial charge in [-0.05, 0) is 36.1 Å². The summed E-state index contributed by atoms with van der Waals surface area (Å²) in [4.78, 5) is 15.9. The first kappa shape index (κ1) is 15.5. The molecule has 0 aliphatic rings. The number of carbonyl (C=O) groups is 1. The molecule has 0 spiro atoms. The van der Waals surface area contributed by atoms with E-state index in [0.717, 1.165) is 17.0 Å². The van der Waals surface area contributed by atoms with Crippen LogP contribution >= 0.6 is 11.8 Å². The molecule has 112 valence electrons. The molecule has 1 aromatic carbocycles. The normalized spacial score (nSPS) is 12.1. The van der Waals surface area contributed by atoms with E-state index < -0.39 is 6.04 Å². The Kier molecular flexibility index (Phi) is 5.77. The van der Waals surface area contributed by atoms with E-state index >= 15 is 0 Å². The molecule has 0 unspecified atom stereocenters. The SMILES string of the molecule is CSCC[C@H](N)C(=O)Nc1cccc(Cn2cncn2)c1. The van der Waals surface area contributed by atoms with Crippen molar-refractivity contribution < 1.29 is 4.79 Å².